The lowest BCUT2D eigenvalue weighted by Crippen LogP contribution is -2.25. The molecule has 0 aliphatic carbocycles. The second kappa shape index (κ2) is 6.66. The first kappa shape index (κ1) is 13.2. The Morgan fingerprint density at radius 3 is 2.69 bits per heavy atom. The van der Waals surface area contributed by atoms with Crippen molar-refractivity contribution in [3.8, 4) is 0 Å². The zero-order valence-electron chi connectivity index (χ0n) is 10.7. The van der Waals surface area contributed by atoms with Crippen LogP contribution < -0.4 is 5.73 Å². The van der Waals surface area contributed by atoms with E-state index < -0.39 is 0 Å². The summed E-state index contributed by atoms with van der Waals surface area (Å²) >= 11 is 0. The molecule has 16 heavy (non-hydrogen) atoms. The molecule has 4 nitrogen and oxygen atoms in total. The van der Waals surface area contributed by atoms with Crippen LogP contribution in [0, 0.1) is 0 Å². The number of imidazole rings is 1. The number of nitrogens with two attached hydrogens (primary N) is 1. The molecule has 0 aliphatic heterocycles. The van der Waals surface area contributed by atoms with Crippen molar-refractivity contribution in [1.82, 2.24) is 14.5 Å². The standard InChI is InChI=1S/C12H24N4/c1-4-15(5-2)7-6-8-16-10-14-9-12(16)11(3)13/h9-11H,4-8,13H2,1-3H3. The fourth-order valence-corrected chi connectivity index (χ4v) is 1.90. The maximum absolute atomic E-state index is 5.87. The molecule has 0 saturated carbocycles. The van der Waals surface area contributed by atoms with Crippen LogP contribution in [0.5, 0.6) is 0 Å². The van der Waals surface area contributed by atoms with E-state index in [1.807, 2.05) is 19.4 Å². The summed E-state index contributed by atoms with van der Waals surface area (Å²) < 4.78 is 2.16. The average Bonchev–Trinajstić information content (AvgIpc) is 2.72. The molecule has 0 saturated heterocycles. The fourth-order valence-electron chi connectivity index (χ4n) is 1.90. The van der Waals surface area contributed by atoms with Gasteiger partial charge in [0.25, 0.3) is 0 Å². The van der Waals surface area contributed by atoms with E-state index in [9.17, 15) is 0 Å². The van der Waals surface area contributed by atoms with E-state index in [1.165, 1.54) is 0 Å². The predicted octanol–water partition coefficient (Wildman–Crippen LogP) is 1.63. The van der Waals surface area contributed by atoms with Crippen molar-refractivity contribution >= 4 is 0 Å². The molecule has 1 rings (SSSR count). The summed E-state index contributed by atoms with van der Waals surface area (Å²) in [6.07, 6.45) is 4.89. The van der Waals surface area contributed by atoms with Crippen LogP contribution in [0.1, 0.15) is 38.9 Å². The van der Waals surface area contributed by atoms with Crippen LogP contribution in [0.25, 0.3) is 0 Å². The summed E-state index contributed by atoms with van der Waals surface area (Å²) in [6.45, 7) is 10.8. The average molecular weight is 224 g/mol. The zero-order valence-corrected chi connectivity index (χ0v) is 10.7. The summed E-state index contributed by atoms with van der Waals surface area (Å²) in [5.74, 6) is 0. The number of hydrogen-bond donors (Lipinski definition) is 1. The van der Waals surface area contributed by atoms with Crippen LogP contribution in [-0.4, -0.2) is 34.1 Å². The molecule has 1 aromatic heterocycles. The van der Waals surface area contributed by atoms with Gasteiger partial charge in [-0.25, -0.2) is 4.98 Å². The normalized spacial score (nSPS) is 13.3. The lowest BCUT2D eigenvalue weighted by atomic mass is 10.2. The largest absolute Gasteiger partial charge is 0.333 e. The van der Waals surface area contributed by atoms with Gasteiger partial charge in [-0.05, 0) is 33.0 Å². The van der Waals surface area contributed by atoms with Gasteiger partial charge >= 0.3 is 0 Å². The molecule has 1 unspecified atom stereocenters. The number of rotatable bonds is 7. The Bertz CT molecular complexity index is 289. The van der Waals surface area contributed by atoms with E-state index in [4.69, 9.17) is 5.73 Å². The lowest BCUT2D eigenvalue weighted by molar-refractivity contribution is 0.292. The van der Waals surface area contributed by atoms with Crippen LogP contribution in [0.4, 0.5) is 0 Å². The highest BCUT2D eigenvalue weighted by Crippen LogP contribution is 2.09. The monoisotopic (exact) mass is 224 g/mol. The molecule has 0 fully saturated rings. The quantitative estimate of drug-likeness (QED) is 0.766. The van der Waals surface area contributed by atoms with Crippen LogP contribution in [0.3, 0.4) is 0 Å². The van der Waals surface area contributed by atoms with E-state index in [0.717, 1.165) is 38.3 Å². The third kappa shape index (κ3) is 3.61. The van der Waals surface area contributed by atoms with Gasteiger partial charge in [-0.3, -0.25) is 0 Å². The van der Waals surface area contributed by atoms with Crippen molar-refractivity contribution in [3.63, 3.8) is 0 Å². The zero-order chi connectivity index (χ0) is 12.0. The third-order valence-electron chi connectivity index (χ3n) is 2.98. The van der Waals surface area contributed by atoms with Crippen molar-refractivity contribution in [2.75, 3.05) is 19.6 Å². The molecule has 2 N–H and O–H groups in total. The molecule has 92 valence electrons. The topological polar surface area (TPSA) is 47.1 Å². The fraction of sp³-hybridized carbons (Fsp3) is 0.750. The van der Waals surface area contributed by atoms with Crippen molar-refractivity contribution < 1.29 is 0 Å². The molecule has 1 heterocycles. The maximum Gasteiger partial charge on any atom is 0.0948 e. The van der Waals surface area contributed by atoms with E-state index >= 15 is 0 Å². The summed E-state index contributed by atoms with van der Waals surface area (Å²) in [6, 6.07) is 0.0657. The minimum atomic E-state index is 0.0657. The Kier molecular flexibility index (Phi) is 5.49. The molecule has 1 atom stereocenters. The highest BCUT2D eigenvalue weighted by Gasteiger charge is 2.06. The van der Waals surface area contributed by atoms with Gasteiger partial charge in [0, 0.05) is 18.8 Å². The molecule has 0 radical (unpaired) electrons. The number of hydrogen-bond acceptors (Lipinski definition) is 3. The molecule has 0 aliphatic rings. The van der Waals surface area contributed by atoms with Crippen molar-refractivity contribution in [2.24, 2.45) is 5.73 Å². The number of aromatic nitrogens is 2. The van der Waals surface area contributed by atoms with E-state index in [1.54, 1.807) is 0 Å². The van der Waals surface area contributed by atoms with Gasteiger partial charge < -0.3 is 15.2 Å². The summed E-state index contributed by atoms with van der Waals surface area (Å²) in [5, 5.41) is 0. The van der Waals surface area contributed by atoms with Crippen LogP contribution in [0.15, 0.2) is 12.5 Å². The molecule has 0 amide bonds. The Morgan fingerprint density at radius 2 is 2.12 bits per heavy atom. The number of nitrogens with zero attached hydrogens (tertiary/aromatic N) is 3. The Hall–Kier alpha value is -0.870. The maximum atomic E-state index is 5.87. The summed E-state index contributed by atoms with van der Waals surface area (Å²) in [4.78, 5) is 6.58. The van der Waals surface area contributed by atoms with Gasteiger partial charge in [0.05, 0.1) is 12.0 Å². The Morgan fingerprint density at radius 1 is 1.44 bits per heavy atom. The molecule has 0 aromatic carbocycles. The summed E-state index contributed by atoms with van der Waals surface area (Å²) in [7, 11) is 0. The smallest absolute Gasteiger partial charge is 0.0948 e. The molecule has 0 bridgehead atoms. The van der Waals surface area contributed by atoms with Crippen molar-refractivity contribution in [1.29, 1.82) is 0 Å². The van der Waals surface area contributed by atoms with Crippen molar-refractivity contribution in [3.05, 3.63) is 18.2 Å². The second-order valence-corrected chi connectivity index (χ2v) is 4.18. The SMILES string of the molecule is CCN(CC)CCCn1cncc1C(C)N. The Balaban J connectivity index is 2.39. The molecule has 4 heteroatoms. The Labute approximate surface area is 98.5 Å². The predicted molar refractivity (Wildman–Crippen MR) is 67.2 cm³/mol. The second-order valence-electron chi connectivity index (χ2n) is 4.18. The molecule has 0 spiro atoms. The molecular weight excluding hydrogens is 200 g/mol. The molecule has 1 aromatic rings. The van der Waals surface area contributed by atoms with Gasteiger partial charge in [0.2, 0.25) is 0 Å². The minimum Gasteiger partial charge on any atom is -0.333 e. The van der Waals surface area contributed by atoms with Gasteiger partial charge in [0.15, 0.2) is 0 Å². The van der Waals surface area contributed by atoms with Gasteiger partial charge in [-0.15, -0.1) is 0 Å². The lowest BCUT2D eigenvalue weighted by Gasteiger charge is -2.18. The highest BCUT2D eigenvalue weighted by atomic mass is 15.1. The van der Waals surface area contributed by atoms with E-state index in [0.29, 0.717) is 0 Å². The van der Waals surface area contributed by atoms with Crippen LogP contribution in [0.2, 0.25) is 0 Å². The number of aryl methyl sites for hydroxylation is 1. The van der Waals surface area contributed by atoms with Crippen LogP contribution >= 0.6 is 0 Å². The minimum absolute atomic E-state index is 0.0657. The first-order valence-corrected chi connectivity index (χ1v) is 6.17. The first-order valence-electron chi connectivity index (χ1n) is 6.17. The summed E-state index contributed by atoms with van der Waals surface area (Å²) in [5.41, 5.74) is 7.00. The van der Waals surface area contributed by atoms with Gasteiger partial charge in [-0.1, -0.05) is 13.8 Å². The van der Waals surface area contributed by atoms with Crippen LogP contribution in [-0.2, 0) is 6.54 Å². The van der Waals surface area contributed by atoms with Gasteiger partial charge in [-0.2, -0.15) is 0 Å². The van der Waals surface area contributed by atoms with Gasteiger partial charge in [0.1, 0.15) is 0 Å². The molecular formula is C12H24N4. The third-order valence-corrected chi connectivity index (χ3v) is 2.98. The van der Waals surface area contributed by atoms with Crippen molar-refractivity contribution in [2.45, 2.75) is 39.8 Å². The highest BCUT2D eigenvalue weighted by molar-refractivity contribution is 5.02. The first-order chi connectivity index (χ1) is 7.69. The van der Waals surface area contributed by atoms with E-state index in [2.05, 4.69) is 28.3 Å². The van der Waals surface area contributed by atoms with E-state index in [-0.39, 0.29) is 6.04 Å².